The van der Waals surface area contributed by atoms with Gasteiger partial charge in [0.05, 0.1) is 20.1 Å². The van der Waals surface area contributed by atoms with Gasteiger partial charge in [-0.3, -0.25) is 0 Å². The van der Waals surface area contributed by atoms with Crippen molar-refractivity contribution in [2.75, 3.05) is 26.7 Å². The van der Waals surface area contributed by atoms with Gasteiger partial charge in [-0.25, -0.2) is 4.79 Å². The fourth-order valence-electron chi connectivity index (χ4n) is 4.02. The van der Waals surface area contributed by atoms with Crippen LogP contribution in [0.5, 0.6) is 0 Å². The first-order valence-electron chi connectivity index (χ1n) is 8.43. The smallest absolute Gasteiger partial charge is 0.362 e. The number of quaternary nitrogens is 1. The maximum Gasteiger partial charge on any atom is 0.362 e. The molecule has 0 amide bonds. The van der Waals surface area contributed by atoms with Crippen LogP contribution in [0.25, 0.3) is 0 Å². The number of rotatable bonds is 4. The molecule has 1 aliphatic heterocycles. The van der Waals surface area contributed by atoms with Crippen molar-refractivity contribution in [3.05, 3.63) is 0 Å². The first-order valence-corrected chi connectivity index (χ1v) is 8.43. The predicted molar refractivity (Wildman–Crippen MR) is 81.2 cm³/mol. The lowest BCUT2D eigenvalue weighted by atomic mass is 9.75. The molecule has 0 spiro atoms. The molecule has 3 atom stereocenters. The quantitative estimate of drug-likeness (QED) is 0.584. The van der Waals surface area contributed by atoms with E-state index in [1.165, 1.54) is 25.7 Å². The number of carbonyl (C=O) groups excluding carboxylic acids is 1. The first-order chi connectivity index (χ1) is 9.39. The van der Waals surface area contributed by atoms with E-state index >= 15 is 0 Å². The van der Waals surface area contributed by atoms with E-state index in [0.29, 0.717) is 24.3 Å². The van der Waals surface area contributed by atoms with E-state index in [9.17, 15) is 4.79 Å². The van der Waals surface area contributed by atoms with Crippen molar-refractivity contribution in [1.29, 1.82) is 0 Å². The largest absolute Gasteiger partial charge is 0.458 e. The van der Waals surface area contributed by atoms with E-state index in [-0.39, 0.29) is 12.1 Å². The minimum Gasteiger partial charge on any atom is -0.458 e. The lowest BCUT2D eigenvalue weighted by Gasteiger charge is -2.37. The zero-order valence-corrected chi connectivity index (χ0v) is 13.7. The number of likely N-dealkylation sites (N-methyl/N-ethyl adjacent to an activating group) is 1. The Balaban J connectivity index is 1.90. The van der Waals surface area contributed by atoms with Gasteiger partial charge in [0.2, 0.25) is 0 Å². The van der Waals surface area contributed by atoms with Crippen LogP contribution in [0.1, 0.15) is 52.9 Å². The summed E-state index contributed by atoms with van der Waals surface area (Å²) >= 11 is 0. The molecule has 2 rings (SSSR count). The molecule has 3 nitrogen and oxygen atoms in total. The van der Waals surface area contributed by atoms with E-state index < -0.39 is 0 Å². The van der Waals surface area contributed by atoms with Crippen molar-refractivity contribution < 1.29 is 14.0 Å². The Morgan fingerprint density at radius 1 is 1.25 bits per heavy atom. The van der Waals surface area contributed by atoms with E-state index in [1.54, 1.807) is 0 Å². The van der Waals surface area contributed by atoms with Crippen molar-refractivity contribution >= 4 is 5.97 Å². The first kappa shape index (κ1) is 15.8. The van der Waals surface area contributed by atoms with Gasteiger partial charge in [-0.1, -0.05) is 27.2 Å². The molecule has 1 saturated carbocycles. The van der Waals surface area contributed by atoms with Gasteiger partial charge in [-0.15, -0.1) is 0 Å². The number of carbonyl (C=O) groups is 1. The molecule has 1 saturated heterocycles. The molecule has 116 valence electrons. The van der Waals surface area contributed by atoms with Crippen LogP contribution in [0.4, 0.5) is 0 Å². The lowest BCUT2D eigenvalue weighted by Crippen LogP contribution is -2.47. The lowest BCUT2D eigenvalue weighted by molar-refractivity contribution is -0.890. The highest BCUT2D eigenvalue weighted by atomic mass is 16.5. The third kappa shape index (κ3) is 3.97. The second-order valence-electron chi connectivity index (χ2n) is 7.79. The molecule has 0 bridgehead atoms. The van der Waals surface area contributed by atoms with Crippen LogP contribution in [0, 0.1) is 17.8 Å². The normalized spacial score (nSPS) is 33.4. The Morgan fingerprint density at radius 2 is 1.90 bits per heavy atom. The maximum absolute atomic E-state index is 12.3. The number of hydrogen-bond donors (Lipinski definition) is 0. The second kappa shape index (κ2) is 6.46. The molecule has 2 fully saturated rings. The van der Waals surface area contributed by atoms with Crippen LogP contribution in [0.2, 0.25) is 0 Å². The molecule has 20 heavy (non-hydrogen) atoms. The van der Waals surface area contributed by atoms with Gasteiger partial charge in [-0.05, 0) is 30.6 Å². The van der Waals surface area contributed by atoms with Crippen LogP contribution in [-0.2, 0) is 9.53 Å². The predicted octanol–water partition coefficient (Wildman–Crippen LogP) is 3.23. The van der Waals surface area contributed by atoms with E-state index in [4.69, 9.17) is 4.74 Å². The minimum absolute atomic E-state index is 0.0270. The molecule has 0 N–H and O–H groups in total. The van der Waals surface area contributed by atoms with E-state index in [2.05, 4.69) is 27.8 Å². The Kier molecular flexibility index (Phi) is 5.11. The molecule has 0 unspecified atom stereocenters. The second-order valence-corrected chi connectivity index (χ2v) is 7.79. The fraction of sp³-hybridized carbons (Fsp3) is 0.941. The summed E-state index contributed by atoms with van der Waals surface area (Å²) in [6.45, 7) is 9.63. The summed E-state index contributed by atoms with van der Waals surface area (Å²) in [7, 11) is 2.19. The summed E-state index contributed by atoms with van der Waals surface area (Å²) in [5, 5.41) is 0. The molecule has 0 aromatic rings. The average Bonchev–Trinajstić information content (AvgIpc) is 2.74. The van der Waals surface area contributed by atoms with Crippen molar-refractivity contribution in [3.8, 4) is 0 Å². The van der Waals surface area contributed by atoms with Crippen molar-refractivity contribution in [2.45, 2.75) is 59.0 Å². The number of nitrogens with zero attached hydrogens (tertiary/aromatic N) is 1. The van der Waals surface area contributed by atoms with Crippen molar-refractivity contribution in [2.24, 2.45) is 17.8 Å². The van der Waals surface area contributed by atoms with Crippen LogP contribution >= 0.6 is 0 Å². The maximum atomic E-state index is 12.3. The third-order valence-electron chi connectivity index (χ3n) is 5.40. The topological polar surface area (TPSA) is 26.3 Å². The van der Waals surface area contributed by atoms with E-state index in [1.807, 2.05) is 0 Å². The zero-order valence-electron chi connectivity index (χ0n) is 13.7. The van der Waals surface area contributed by atoms with Crippen molar-refractivity contribution in [1.82, 2.24) is 0 Å². The van der Waals surface area contributed by atoms with Crippen LogP contribution in [-0.4, -0.2) is 43.2 Å². The Morgan fingerprint density at radius 3 is 2.50 bits per heavy atom. The van der Waals surface area contributed by atoms with E-state index in [0.717, 1.165) is 24.0 Å². The van der Waals surface area contributed by atoms with Gasteiger partial charge in [0.1, 0.15) is 6.10 Å². The van der Waals surface area contributed by atoms with Gasteiger partial charge >= 0.3 is 5.97 Å². The summed E-state index contributed by atoms with van der Waals surface area (Å²) in [6.07, 6.45) is 6.20. The zero-order chi connectivity index (χ0) is 14.8. The van der Waals surface area contributed by atoms with Crippen molar-refractivity contribution in [3.63, 3.8) is 0 Å². The molecule has 0 aromatic heterocycles. The number of likely N-dealkylation sites (tertiary alicyclic amines) is 1. The SMILES string of the molecule is CC(C)[C@@H]1CC[C@@H](C)C[C@H]1OC(=O)C[N+]1(C)CCCC1. The van der Waals surface area contributed by atoms with Gasteiger partial charge in [-0.2, -0.15) is 0 Å². The highest BCUT2D eigenvalue weighted by Gasteiger charge is 2.36. The highest BCUT2D eigenvalue weighted by molar-refractivity contribution is 5.70. The Hall–Kier alpha value is -0.570. The van der Waals surface area contributed by atoms with Gasteiger partial charge in [0, 0.05) is 12.8 Å². The van der Waals surface area contributed by atoms with Crippen LogP contribution in [0.15, 0.2) is 0 Å². The number of esters is 1. The molecule has 1 aliphatic carbocycles. The summed E-state index contributed by atoms with van der Waals surface area (Å²) < 4.78 is 6.79. The molecule has 0 aromatic carbocycles. The summed E-state index contributed by atoms with van der Waals surface area (Å²) in [4.78, 5) is 12.3. The monoisotopic (exact) mass is 282 g/mol. The Bertz CT molecular complexity index is 334. The summed E-state index contributed by atoms with van der Waals surface area (Å²) in [5.41, 5.74) is 0. The van der Waals surface area contributed by atoms with Gasteiger partial charge in [0.25, 0.3) is 0 Å². The molecule has 0 radical (unpaired) electrons. The average molecular weight is 282 g/mol. The molecule has 1 heterocycles. The van der Waals surface area contributed by atoms with Crippen LogP contribution in [0.3, 0.4) is 0 Å². The third-order valence-corrected chi connectivity index (χ3v) is 5.40. The summed E-state index contributed by atoms with van der Waals surface area (Å²) in [6, 6.07) is 0. The Labute approximate surface area is 124 Å². The van der Waals surface area contributed by atoms with Crippen LogP contribution < -0.4 is 0 Å². The van der Waals surface area contributed by atoms with Gasteiger partial charge in [0.15, 0.2) is 6.54 Å². The molecule has 2 aliphatic rings. The number of ether oxygens (including phenoxy) is 1. The molecular formula is C17H32NO2+. The standard InChI is InChI=1S/C17H32NO2/c1-13(2)15-8-7-14(3)11-16(15)20-17(19)12-18(4)9-5-6-10-18/h13-16H,5-12H2,1-4H3/q+1/t14-,15+,16-/m1/s1. The summed E-state index contributed by atoms with van der Waals surface area (Å²) in [5.74, 6) is 1.88. The fourth-order valence-corrected chi connectivity index (χ4v) is 4.02. The number of hydrogen-bond acceptors (Lipinski definition) is 2. The van der Waals surface area contributed by atoms with Gasteiger partial charge < -0.3 is 9.22 Å². The minimum atomic E-state index is 0.0270. The molecular weight excluding hydrogens is 250 g/mol. The highest BCUT2D eigenvalue weighted by Crippen LogP contribution is 2.35. The molecule has 3 heteroatoms.